The lowest BCUT2D eigenvalue weighted by atomic mass is 10.1. The van der Waals surface area contributed by atoms with Gasteiger partial charge in [0.25, 0.3) is 0 Å². The molecule has 0 heterocycles. The summed E-state index contributed by atoms with van der Waals surface area (Å²) in [6.45, 7) is 2.72. The first-order valence-electron chi connectivity index (χ1n) is 7.43. The molecular formula is C18H21BrN2O2S. The van der Waals surface area contributed by atoms with Crippen LogP contribution in [0.2, 0.25) is 0 Å². The Bertz CT molecular complexity index is 737. The van der Waals surface area contributed by atoms with E-state index in [1.165, 1.54) is 0 Å². The minimum Gasteiger partial charge on any atom is -0.493 e. The fourth-order valence-corrected chi connectivity index (χ4v) is 2.89. The van der Waals surface area contributed by atoms with Crippen molar-refractivity contribution in [1.29, 1.82) is 0 Å². The van der Waals surface area contributed by atoms with E-state index in [1.807, 2.05) is 48.3 Å². The number of aryl methyl sites for hydroxylation is 1. The molecule has 0 aliphatic carbocycles. The fraction of sp³-hybridized carbons (Fsp3) is 0.278. The van der Waals surface area contributed by atoms with Gasteiger partial charge in [0.2, 0.25) is 0 Å². The Hall–Kier alpha value is -1.79. The van der Waals surface area contributed by atoms with E-state index in [2.05, 4.69) is 28.2 Å². The van der Waals surface area contributed by atoms with E-state index in [1.54, 1.807) is 14.2 Å². The normalized spacial score (nSPS) is 10.2. The number of hydrogen-bond acceptors (Lipinski definition) is 3. The van der Waals surface area contributed by atoms with Gasteiger partial charge in [-0.2, -0.15) is 0 Å². The summed E-state index contributed by atoms with van der Waals surface area (Å²) in [5, 5.41) is 3.90. The summed E-state index contributed by atoms with van der Waals surface area (Å²) in [6.07, 6.45) is 0. The average Bonchev–Trinajstić information content (AvgIpc) is 2.56. The second-order valence-corrected chi connectivity index (χ2v) is 6.73. The molecule has 2 rings (SSSR count). The van der Waals surface area contributed by atoms with Crippen molar-refractivity contribution >= 4 is 38.9 Å². The molecule has 0 atom stereocenters. The van der Waals surface area contributed by atoms with Crippen LogP contribution in [-0.4, -0.2) is 31.3 Å². The third kappa shape index (κ3) is 4.61. The third-order valence-electron chi connectivity index (χ3n) is 3.67. The predicted molar refractivity (Wildman–Crippen MR) is 106 cm³/mol. The lowest BCUT2D eigenvalue weighted by Crippen LogP contribution is -2.30. The highest BCUT2D eigenvalue weighted by molar-refractivity contribution is 9.10. The summed E-state index contributed by atoms with van der Waals surface area (Å²) in [4.78, 5) is 1.99. The summed E-state index contributed by atoms with van der Waals surface area (Å²) in [5.41, 5.74) is 3.21. The summed E-state index contributed by atoms with van der Waals surface area (Å²) in [7, 11) is 5.24. The molecule has 0 radical (unpaired) electrons. The van der Waals surface area contributed by atoms with Gasteiger partial charge < -0.3 is 19.7 Å². The van der Waals surface area contributed by atoms with E-state index in [-0.39, 0.29) is 0 Å². The summed E-state index contributed by atoms with van der Waals surface area (Å²) >= 11 is 8.96. The Balaban J connectivity index is 2.11. The van der Waals surface area contributed by atoms with Gasteiger partial charge in [0.05, 0.1) is 14.2 Å². The van der Waals surface area contributed by atoms with Crippen LogP contribution in [0, 0.1) is 6.92 Å². The molecule has 128 valence electrons. The first kappa shape index (κ1) is 18.5. The minimum absolute atomic E-state index is 0.655. The number of methoxy groups -OCH3 is 2. The van der Waals surface area contributed by atoms with E-state index in [9.17, 15) is 0 Å². The molecule has 0 saturated heterocycles. The van der Waals surface area contributed by atoms with Crippen LogP contribution >= 0.6 is 28.1 Å². The van der Waals surface area contributed by atoms with Crippen molar-refractivity contribution in [3.05, 3.63) is 52.0 Å². The number of nitrogens with one attached hydrogen (secondary N) is 1. The van der Waals surface area contributed by atoms with Gasteiger partial charge in [-0.3, -0.25) is 0 Å². The van der Waals surface area contributed by atoms with Gasteiger partial charge in [0.1, 0.15) is 0 Å². The summed E-state index contributed by atoms with van der Waals surface area (Å²) in [5.74, 6) is 1.45. The molecule has 1 N–H and O–H groups in total. The van der Waals surface area contributed by atoms with Crippen LogP contribution in [0.15, 0.2) is 40.9 Å². The third-order valence-corrected chi connectivity index (χ3v) is 4.58. The predicted octanol–water partition coefficient (Wildman–Crippen LogP) is 4.60. The van der Waals surface area contributed by atoms with Crippen LogP contribution in [0.25, 0.3) is 0 Å². The number of anilines is 1. The Labute approximate surface area is 156 Å². The second-order valence-electron chi connectivity index (χ2n) is 5.43. The number of nitrogens with zero attached hydrogens (tertiary/aromatic N) is 1. The van der Waals surface area contributed by atoms with E-state index in [4.69, 9.17) is 21.7 Å². The van der Waals surface area contributed by atoms with E-state index >= 15 is 0 Å². The van der Waals surface area contributed by atoms with Crippen molar-refractivity contribution < 1.29 is 9.47 Å². The van der Waals surface area contributed by atoms with E-state index < -0.39 is 0 Å². The highest BCUT2D eigenvalue weighted by Gasteiger charge is 2.12. The SMILES string of the molecule is COc1cc(C)c(CN(C)C(=S)Nc2cccc(Br)c2)cc1OC. The Kier molecular flexibility index (Phi) is 6.45. The number of hydrogen-bond donors (Lipinski definition) is 1. The molecule has 6 heteroatoms. The van der Waals surface area contributed by atoms with Crippen molar-refractivity contribution in [3.63, 3.8) is 0 Å². The summed E-state index contributed by atoms with van der Waals surface area (Å²) < 4.78 is 11.7. The second kappa shape index (κ2) is 8.35. The molecule has 24 heavy (non-hydrogen) atoms. The smallest absolute Gasteiger partial charge is 0.173 e. The molecule has 0 bridgehead atoms. The molecule has 0 saturated carbocycles. The molecule has 0 fully saturated rings. The van der Waals surface area contributed by atoms with Gasteiger partial charge in [-0.05, 0) is 60.6 Å². The topological polar surface area (TPSA) is 33.7 Å². The molecule has 0 unspecified atom stereocenters. The molecule has 0 aliphatic heterocycles. The Morgan fingerprint density at radius 1 is 1.17 bits per heavy atom. The highest BCUT2D eigenvalue weighted by Crippen LogP contribution is 2.30. The molecule has 0 aromatic heterocycles. The van der Waals surface area contributed by atoms with Crippen LogP contribution in [0.3, 0.4) is 0 Å². The lowest BCUT2D eigenvalue weighted by molar-refractivity contribution is 0.353. The number of halogens is 1. The van der Waals surface area contributed by atoms with Gasteiger partial charge in [-0.1, -0.05) is 22.0 Å². The quantitative estimate of drug-likeness (QED) is 0.730. The number of thiocarbonyl (C=S) groups is 1. The average molecular weight is 409 g/mol. The largest absolute Gasteiger partial charge is 0.493 e. The Morgan fingerprint density at radius 2 is 1.83 bits per heavy atom. The monoisotopic (exact) mass is 408 g/mol. The van der Waals surface area contributed by atoms with Crippen LogP contribution < -0.4 is 14.8 Å². The molecular weight excluding hydrogens is 388 g/mol. The maximum atomic E-state index is 5.50. The molecule has 2 aromatic rings. The zero-order chi connectivity index (χ0) is 17.7. The Morgan fingerprint density at radius 3 is 2.46 bits per heavy atom. The standard InChI is InChI=1S/C18H21BrN2O2S/c1-12-8-16(22-3)17(23-4)9-13(12)11-21(2)18(24)20-15-7-5-6-14(19)10-15/h5-10H,11H2,1-4H3,(H,20,24). The number of rotatable bonds is 5. The maximum Gasteiger partial charge on any atom is 0.173 e. The van der Waals surface area contributed by atoms with Crippen molar-refractivity contribution in [1.82, 2.24) is 4.90 Å². The number of ether oxygens (including phenoxy) is 2. The lowest BCUT2D eigenvalue weighted by Gasteiger charge is -2.23. The van der Waals surface area contributed by atoms with Crippen molar-refractivity contribution in [2.45, 2.75) is 13.5 Å². The highest BCUT2D eigenvalue weighted by atomic mass is 79.9. The zero-order valence-electron chi connectivity index (χ0n) is 14.2. The van der Waals surface area contributed by atoms with Crippen LogP contribution in [-0.2, 0) is 6.54 Å². The van der Waals surface area contributed by atoms with Crippen LogP contribution in [0.5, 0.6) is 11.5 Å². The summed E-state index contributed by atoms with van der Waals surface area (Å²) in [6, 6.07) is 11.9. The minimum atomic E-state index is 0.655. The molecule has 2 aromatic carbocycles. The van der Waals surface area contributed by atoms with E-state index in [0.29, 0.717) is 11.7 Å². The zero-order valence-corrected chi connectivity index (χ0v) is 16.6. The van der Waals surface area contributed by atoms with Gasteiger partial charge in [0.15, 0.2) is 16.6 Å². The van der Waals surface area contributed by atoms with Gasteiger partial charge in [0, 0.05) is 23.8 Å². The van der Waals surface area contributed by atoms with Crippen molar-refractivity contribution in [2.75, 3.05) is 26.6 Å². The van der Waals surface area contributed by atoms with Crippen molar-refractivity contribution in [3.8, 4) is 11.5 Å². The fourth-order valence-electron chi connectivity index (χ4n) is 2.31. The van der Waals surface area contributed by atoms with Gasteiger partial charge >= 0.3 is 0 Å². The first-order chi connectivity index (χ1) is 11.4. The van der Waals surface area contributed by atoms with Crippen LogP contribution in [0.4, 0.5) is 5.69 Å². The first-order valence-corrected chi connectivity index (χ1v) is 8.64. The van der Waals surface area contributed by atoms with E-state index in [0.717, 1.165) is 32.8 Å². The molecule has 0 amide bonds. The maximum absolute atomic E-state index is 5.50. The molecule has 0 spiro atoms. The van der Waals surface area contributed by atoms with Gasteiger partial charge in [-0.25, -0.2) is 0 Å². The molecule has 0 aliphatic rings. The van der Waals surface area contributed by atoms with Crippen molar-refractivity contribution in [2.24, 2.45) is 0 Å². The van der Waals surface area contributed by atoms with Crippen LogP contribution in [0.1, 0.15) is 11.1 Å². The van der Waals surface area contributed by atoms with Gasteiger partial charge in [-0.15, -0.1) is 0 Å². The number of benzene rings is 2. The molecule has 4 nitrogen and oxygen atoms in total.